The molecule has 1 heterocycles. The third-order valence-corrected chi connectivity index (χ3v) is 2.24. The van der Waals surface area contributed by atoms with Gasteiger partial charge in [-0.1, -0.05) is 0 Å². The fourth-order valence-corrected chi connectivity index (χ4v) is 1.30. The zero-order valence-corrected chi connectivity index (χ0v) is 9.46. The van der Waals surface area contributed by atoms with Crippen molar-refractivity contribution in [3.8, 4) is 6.07 Å². The van der Waals surface area contributed by atoms with Gasteiger partial charge in [0.25, 0.3) is 0 Å². The lowest BCUT2D eigenvalue weighted by Crippen LogP contribution is -2.09. The molecule has 2 N–H and O–H groups in total. The number of nitriles is 1. The largest absolute Gasteiger partial charge is 0.456 e. The van der Waals surface area contributed by atoms with E-state index in [0.717, 1.165) is 6.07 Å². The molecule has 2 aromatic rings. The molecule has 1 aromatic carbocycles. The van der Waals surface area contributed by atoms with Crippen LogP contribution < -0.4 is 5.73 Å². The molecule has 1 aromatic heterocycles. The molecule has 2 rings (SSSR count). The quantitative estimate of drug-likeness (QED) is 0.821. The number of hydrogen-bond acceptors (Lipinski definition) is 7. The second-order valence-electron chi connectivity index (χ2n) is 3.49. The van der Waals surface area contributed by atoms with Crippen LogP contribution in [0.4, 0.5) is 10.2 Å². The van der Waals surface area contributed by atoms with Crippen molar-refractivity contribution in [1.29, 1.82) is 5.26 Å². The van der Waals surface area contributed by atoms with E-state index in [-0.39, 0.29) is 29.2 Å². The van der Waals surface area contributed by atoms with E-state index in [4.69, 9.17) is 15.7 Å². The predicted molar refractivity (Wildman–Crippen MR) is 58.9 cm³/mol. The van der Waals surface area contributed by atoms with E-state index in [1.165, 1.54) is 12.1 Å². The average molecular weight is 262 g/mol. The summed E-state index contributed by atoms with van der Waals surface area (Å²) in [5, 5.41) is 15.2. The molecule has 8 heteroatoms. The van der Waals surface area contributed by atoms with Gasteiger partial charge in [0.05, 0.1) is 11.6 Å². The number of esters is 1. The third kappa shape index (κ3) is 2.66. The van der Waals surface area contributed by atoms with Gasteiger partial charge in [-0.05, 0) is 28.5 Å². The number of aromatic nitrogens is 2. The van der Waals surface area contributed by atoms with Crippen LogP contribution in [0.15, 0.2) is 22.8 Å². The van der Waals surface area contributed by atoms with Crippen molar-refractivity contribution in [3.05, 3.63) is 40.8 Å². The standard InChI is InChI=1S/C11H7FN4O3/c12-8-2-1-6(4-13)3-7(8)5-18-11(17)9-10(14)16-19-15-9/h1-3H,5H2,(H2,14,16). The highest BCUT2D eigenvalue weighted by molar-refractivity contribution is 5.91. The first-order chi connectivity index (χ1) is 9.11. The number of benzene rings is 1. The van der Waals surface area contributed by atoms with Gasteiger partial charge in [-0.2, -0.15) is 5.26 Å². The molecule has 0 aliphatic carbocycles. The average Bonchev–Trinajstić information content (AvgIpc) is 2.84. The molecule has 0 saturated heterocycles. The number of nitrogen functional groups attached to an aromatic ring is 1. The number of nitrogens with two attached hydrogens (primary N) is 1. The SMILES string of the molecule is N#Cc1ccc(F)c(COC(=O)c2nonc2N)c1. The van der Waals surface area contributed by atoms with E-state index in [2.05, 4.69) is 14.9 Å². The zero-order valence-electron chi connectivity index (χ0n) is 9.46. The van der Waals surface area contributed by atoms with Gasteiger partial charge < -0.3 is 10.5 Å². The Kier molecular flexibility index (Phi) is 3.38. The van der Waals surface area contributed by atoms with E-state index < -0.39 is 11.8 Å². The molecular formula is C11H7FN4O3. The van der Waals surface area contributed by atoms with E-state index >= 15 is 0 Å². The van der Waals surface area contributed by atoms with Crippen LogP contribution >= 0.6 is 0 Å². The molecule has 0 fully saturated rings. The Hall–Kier alpha value is -2.95. The van der Waals surface area contributed by atoms with Crippen molar-refractivity contribution < 1.29 is 18.6 Å². The van der Waals surface area contributed by atoms with Crippen LogP contribution in [-0.2, 0) is 11.3 Å². The highest BCUT2D eigenvalue weighted by Gasteiger charge is 2.18. The van der Waals surface area contributed by atoms with Gasteiger partial charge in [-0.25, -0.2) is 13.8 Å². The molecule has 0 amide bonds. The minimum atomic E-state index is -0.888. The summed E-state index contributed by atoms with van der Waals surface area (Å²) in [6.07, 6.45) is 0. The maximum atomic E-state index is 13.4. The molecule has 0 aliphatic heterocycles. The van der Waals surface area contributed by atoms with Crippen LogP contribution in [0.5, 0.6) is 0 Å². The Morgan fingerprint density at radius 2 is 2.32 bits per heavy atom. The van der Waals surface area contributed by atoms with Crippen LogP contribution in [0.1, 0.15) is 21.6 Å². The summed E-state index contributed by atoms with van der Waals surface area (Å²) in [6.45, 7) is -0.355. The summed E-state index contributed by atoms with van der Waals surface area (Å²) >= 11 is 0. The molecule has 96 valence electrons. The smallest absolute Gasteiger partial charge is 0.364 e. The molecule has 0 spiro atoms. The van der Waals surface area contributed by atoms with E-state index in [1.54, 1.807) is 0 Å². The molecule has 0 bridgehead atoms. The molecule has 0 aliphatic rings. The Balaban J connectivity index is 2.09. The first kappa shape index (κ1) is 12.5. The summed E-state index contributed by atoms with van der Waals surface area (Å²) in [6, 6.07) is 5.58. The maximum absolute atomic E-state index is 13.4. The lowest BCUT2D eigenvalue weighted by Gasteiger charge is -2.04. The monoisotopic (exact) mass is 262 g/mol. The van der Waals surface area contributed by atoms with Gasteiger partial charge >= 0.3 is 5.97 Å². The van der Waals surface area contributed by atoms with Crippen LogP contribution in [0, 0.1) is 17.1 Å². The molecule has 0 saturated carbocycles. The van der Waals surface area contributed by atoms with Crippen LogP contribution in [0.3, 0.4) is 0 Å². The Morgan fingerprint density at radius 1 is 1.53 bits per heavy atom. The Bertz CT molecular complexity index is 662. The Morgan fingerprint density at radius 3 is 2.95 bits per heavy atom. The van der Waals surface area contributed by atoms with Crippen molar-refractivity contribution in [2.24, 2.45) is 0 Å². The van der Waals surface area contributed by atoms with E-state index in [0.29, 0.717) is 0 Å². The molecule has 0 radical (unpaired) electrons. The summed E-state index contributed by atoms with van der Waals surface area (Å²) in [4.78, 5) is 11.5. The zero-order chi connectivity index (χ0) is 13.8. The molecular weight excluding hydrogens is 255 g/mol. The van der Waals surface area contributed by atoms with Gasteiger partial charge in [0.1, 0.15) is 12.4 Å². The van der Waals surface area contributed by atoms with Gasteiger partial charge in [-0.3, -0.25) is 0 Å². The van der Waals surface area contributed by atoms with E-state index in [1.807, 2.05) is 6.07 Å². The van der Waals surface area contributed by atoms with Crippen LogP contribution in [0.25, 0.3) is 0 Å². The first-order valence-electron chi connectivity index (χ1n) is 5.05. The summed E-state index contributed by atoms with van der Waals surface area (Å²) in [5.41, 5.74) is 5.35. The number of hydrogen-bond donors (Lipinski definition) is 1. The maximum Gasteiger partial charge on any atom is 0.364 e. The Labute approximate surface area is 106 Å². The molecule has 0 atom stereocenters. The van der Waals surface area contributed by atoms with Crippen molar-refractivity contribution in [2.75, 3.05) is 5.73 Å². The summed E-state index contributed by atoms with van der Waals surface area (Å²) < 4.78 is 22.4. The number of carbonyl (C=O) groups is 1. The summed E-state index contributed by atoms with van der Waals surface area (Å²) in [5.74, 6) is -1.69. The summed E-state index contributed by atoms with van der Waals surface area (Å²) in [7, 11) is 0. The van der Waals surface area contributed by atoms with Crippen molar-refractivity contribution >= 4 is 11.8 Å². The number of rotatable bonds is 3. The predicted octanol–water partition coefficient (Wildman–Crippen LogP) is 1.02. The van der Waals surface area contributed by atoms with Crippen molar-refractivity contribution in [1.82, 2.24) is 10.3 Å². The van der Waals surface area contributed by atoms with Gasteiger partial charge in [-0.15, -0.1) is 0 Å². The lowest BCUT2D eigenvalue weighted by atomic mass is 10.1. The third-order valence-electron chi connectivity index (χ3n) is 2.24. The van der Waals surface area contributed by atoms with Gasteiger partial charge in [0.2, 0.25) is 11.5 Å². The minimum absolute atomic E-state index is 0.0717. The highest BCUT2D eigenvalue weighted by atomic mass is 19.1. The molecule has 19 heavy (non-hydrogen) atoms. The first-order valence-corrected chi connectivity index (χ1v) is 5.05. The van der Waals surface area contributed by atoms with Crippen molar-refractivity contribution in [3.63, 3.8) is 0 Å². The topological polar surface area (TPSA) is 115 Å². The highest BCUT2D eigenvalue weighted by Crippen LogP contribution is 2.13. The van der Waals surface area contributed by atoms with Crippen LogP contribution in [0.2, 0.25) is 0 Å². The second-order valence-corrected chi connectivity index (χ2v) is 3.49. The lowest BCUT2D eigenvalue weighted by molar-refractivity contribution is 0.0457. The van der Waals surface area contributed by atoms with Gasteiger partial charge in [0, 0.05) is 5.56 Å². The fraction of sp³-hybridized carbons (Fsp3) is 0.0909. The van der Waals surface area contributed by atoms with Crippen LogP contribution in [-0.4, -0.2) is 16.3 Å². The number of nitrogens with zero attached hydrogens (tertiary/aromatic N) is 3. The molecule has 7 nitrogen and oxygen atoms in total. The minimum Gasteiger partial charge on any atom is -0.456 e. The molecule has 0 unspecified atom stereocenters. The number of carbonyl (C=O) groups excluding carboxylic acids is 1. The van der Waals surface area contributed by atoms with Gasteiger partial charge in [0.15, 0.2) is 0 Å². The van der Waals surface area contributed by atoms with Crippen molar-refractivity contribution in [2.45, 2.75) is 6.61 Å². The second kappa shape index (κ2) is 5.14. The number of halogens is 1. The fourth-order valence-electron chi connectivity index (χ4n) is 1.30. The number of ether oxygens (including phenoxy) is 1. The number of anilines is 1. The normalized spacial score (nSPS) is 9.89. The van der Waals surface area contributed by atoms with E-state index in [9.17, 15) is 9.18 Å².